The van der Waals surface area contributed by atoms with Gasteiger partial charge in [-0.2, -0.15) is 0 Å². The summed E-state index contributed by atoms with van der Waals surface area (Å²) in [5.74, 6) is -1.03. The number of ether oxygens (including phenoxy) is 1. The van der Waals surface area contributed by atoms with E-state index in [1.807, 2.05) is 32.0 Å². The van der Waals surface area contributed by atoms with Crippen LogP contribution in [0.25, 0.3) is 0 Å². The molecule has 2 amide bonds. The van der Waals surface area contributed by atoms with Crippen molar-refractivity contribution in [3.63, 3.8) is 0 Å². The smallest absolute Gasteiger partial charge is 0.329 e. The molecule has 0 saturated carbocycles. The average molecular weight is 266 g/mol. The molecule has 0 aliphatic carbocycles. The number of carboxylic acids is 1. The molecule has 3 N–H and O–H groups in total. The zero-order valence-corrected chi connectivity index (χ0v) is 11.0. The Morgan fingerprint density at radius 3 is 2.47 bits per heavy atom. The Balaban J connectivity index is 2.33. The van der Waals surface area contributed by atoms with E-state index in [1.54, 1.807) is 0 Å². The summed E-state index contributed by atoms with van der Waals surface area (Å²) in [5.41, 5.74) is 2.75. The first-order valence-electron chi connectivity index (χ1n) is 5.91. The zero-order chi connectivity index (χ0) is 14.3. The van der Waals surface area contributed by atoms with Crippen LogP contribution in [0.3, 0.4) is 0 Å². The van der Waals surface area contributed by atoms with E-state index in [4.69, 9.17) is 9.84 Å². The molecule has 0 fully saturated rings. The highest BCUT2D eigenvalue weighted by Crippen LogP contribution is 2.18. The van der Waals surface area contributed by atoms with Gasteiger partial charge in [0.2, 0.25) is 0 Å². The maximum absolute atomic E-state index is 11.6. The summed E-state index contributed by atoms with van der Waals surface area (Å²) in [5, 5.41) is 13.7. The summed E-state index contributed by atoms with van der Waals surface area (Å²) in [6, 6.07) is 5.42. The Labute approximate surface area is 111 Å². The molecule has 0 unspecified atom stereocenters. The molecule has 1 rings (SSSR count). The molecule has 1 aromatic carbocycles. The number of benzene rings is 1. The minimum absolute atomic E-state index is 0.159. The number of carbonyl (C=O) groups is 2. The zero-order valence-electron chi connectivity index (χ0n) is 11.0. The number of aryl methyl sites for hydroxylation is 2. The Hall–Kier alpha value is -2.08. The molecule has 6 heteroatoms. The van der Waals surface area contributed by atoms with Crippen molar-refractivity contribution >= 4 is 17.7 Å². The molecule has 0 bridgehead atoms. The molecule has 0 radical (unpaired) electrons. The number of urea groups is 1. The topological polar surface area (TPSA) is 87.7 Å². The first-order chi connectivity index (χ1) is 9.00. The van der Waals surface area contributed by atoms with Gasteiger partial charge in [-0.1, -0.05) is 18.2 Å². The van der Waals surface area contributed by atoms with Crippen LogP contribution in [0.1, 0.15) is 11.1 Å². The van der Waals surface area contributed by atoms with E-state index in [9.17, 15) is 9.59 Å². The summed E-state index contributed by atoms with van der Waals surface area (Å²) in [6.07, 6.45) is 0. The molecule has 0 heterocycles. The van der Waals surface area contributed by atoms with Gasteiger partial charge < -0.3 is 20.5 Å². The molecule has 0 saturated heterocycles. The van der Waals surface area contributed by atoms with Crippen molar-refractivity contribution in [1.29, 1.82) is 0 Å². The highest BCUT2D eigenvalue weighted by atomic mass is 16.5. The summed E-state index contributed by atoms with van der Waals surface area (Å²) < 4.78 is 4.80. The third-order valence-electron chi connectivity index (χ3n) is 2.48. The largest absolute Gasteiger partial charge is 0.480 e. The molecule has 0 aliphatic rings. The van der Waals surface area contributed by atoms with E-state index in [1.165, 1.54) is 0 Å². The molecule has 0 atom stereocenters. The quantitative estimate of drug-likeness (QED) is 0.681. The Kier molecular flexibility index (Phi) is 5.81. The number of carboxylic acid groups (broad SMARTS) is 1. The molecule has 6 nitrogen and oxygen atoms in total. The lowest BCUT2D eigenvalue weighted by Crippen LogP contribution is -2.32. The summed E-state index contributed by atoms with van der Waals surface area (Å²) >= 11 is 0. The third-order valence-corrected chi connectivity index (χ3v) is 2.48. The standard InChI is InChI=1S/C13H18N2O4/c1-9-4-3-5-10(2)12(9)15-13(18)14-6-7-19-8-11(16)17/h3-5H,6-8H2,1-2H3,(H,16,17)(H2,14,15,18). The average Bonchev–Trinajstić information content (AvgIpc) is 2.33. The summed E-state index contributed by atoms with van der Waals surface area (Å²) in [4.78, 5) is 21.8. The van der Waals surface area contributed by atoms with Gasteiger partial charge in [-0.3, -0.25) is 0 Å². The number of anilines is 1. The number of hydrogen-bond acceptors (Lipinski definition) is 3. The van der Waals surface area contributed by atoms with Gasteiger partial charge in [0.05, 0.1) is 6.61 Å². The molecule has 0 aromatic heterocycles. The second kappa shape index (κ2) is 7.38. The van der Waals surface area contributed by atoms with Gasteiger partial charge in [-0.05, 0) is 25.0 Å². The molecular weight excluding hydrogens is 248 g/mol. The van der Waals surface area contributed by atoms with Crippen molar-refractivity contribution in [2.24, 2.45) is 0 Å². The molecule has 1 aromatic rings. The van der Waals surface area contributed by atoms with E-state index >= 15 is 0 Å². The fourth-order valence-electron chi connectivity index (χ4n) is 1.57. The molecule has 0 spiro atoms. The molecule has 0 aliphatic heterocycles. The number of carbonyl (C=O) groups excluding carboxylic acids is 1. The van der Waals surface area contributed by atoms with Gasteiger partial charge >= 0.3 is 12.0 Å². The monoisotopic (exact) mass is 266 g/mol. The lowest BCUT2D eigenvalue weighted by molar-refractivity contribution is -0.142. The minimum Gasteiger partial charge on any atom is -0.480 e. The first kappa shape index (κ1) is 15.0. The van der Waals surface area contributed by atoms with Gasteiger partial charge in [0.1, 0.15) is 6.61 Å². The molecular formula is C13H18N2O4. The van der Waals surface area contributed by atoms with Gasteiger partial charge in [0, 0.05) is 12.2 Å². The second-order valence-electron chi connectivity index (χ2n) is 4.09. The van der Waals surface area contributed by atoms with Crippen molar-refractivity contribution < 1.29 is 19.4 Å². The van der Waals surface area contributed by atoms with Gasteiger partial charge in [0.15, 0.2) is 0 Å². The van der Waals surface area contributed by atoms with Crippen molar-refractivity contribution in [3.8, 4) is 0 Å². The van der Waals surface area contributed by atoms with Crippen LogP contribution >= 0.6 is 0 Å². The summed E-state index contributed by atoms with van der Waals surface area (Å²) in [6.45, 7) is 3.88. The normalized spacial score (nSPS) is 10.0. The van der Waals surface area contributed by atoms with Crippen LogP contribution in [-0.2, 0) is 9.53 Å². The van der Waals surface area contributed by atoms with E-state index in [2.05, 4.69) is 10.6 Å². The number of hydrogen-bond donors (Lipinski definition) is 3. The van der Waals surface area contributed by atoms with Crippen LogP contribution in [0.2, 0.25) is 0 Å². The fraction of sp³-hybridized carbons (Fsp3) is 0.385. The number of nitrogens with one attached hydrogen (secondary N) is 2. The lowest BCUT2D eigenvalue weighted by Gasteiger charge is -2.12. The van der Waals surface area contributed by atoms with Crippen LogP contribution in [0, 0.1) is 13.8 Å². The molecule has 19 heavy (non-hydrogen) atoms. The Morgan fingerprint density at radius 1 is 1.26 bits per heavy atom. The first-order valence-corrected chi connectivity index (χ1v) is 5.91. The van der Waals surface area contributed by atoms with E-state index in [-0.39, 0.29) is 25.8 Å². The second-order valence-corrected chi connectivity index (χ2v) is 4.09. The molecule has 104 valence electrons. The Bertz CT molecular complexity index is 440. The van der Waals surface area contributed by atoms with E-state index in [0.717, 1.165) is 16.8 Å². The Morgan fingerprint density at radius 2 is 1.89 bits per heavy atom. The maximum atomic E-state index is 11.6. The summed E-state index contributed by atoms with van der Waals surface area (Å²) in [7, 11) is 0. The van der Waals surface area contributed by atoms with Crippen LogP contribution in [0.4, 0.5) is 10.5 Å². The highest BCUT2D eigenvalue weighted by Gasteiger charge is 2.06. The van der Waals surface area contributed by atoms with E-state index < -0.39 is 5.97 Å². The highest BCUT2D eigenvalue weighted by molar-refractivity contribution is 5.90. The van der Waals surface area contributed by atoms with Crippen LogP contribution in [-0.4, -0.2) is 36.9 Å². The SMILES string of the molecule is Cc1cccc(C)c1NC(=O)NCCOCC(=O)O. The van der Waals surface area contributed by atoms with E-state index in [0.29, 0.717) is 0 Å². The van der Waals surface area contributed by atoms with Gasteiger partial charge in [0.25, 0.3) is 0 Å². The predicted octanol–water partition coefficient (Wildman–Crippen LogP) is 1.53. The van der Waals surface area contributed by atoms with Crippen molar-refractivity contribution in [3.05, 3.63) is 29.3 Å². The predicted molar refractivity (Wildman–Crippen MR) is 71.4 cm³/mol. The maximum Gasteiger partial charge on any atom is 0.329 e. The van der Waals surface area contributed by atoms with Crippen LogP contribution in [0.5, 0.6) is 0 Å². The van der Waals surface area contributed by atoms with Crippen molar-refractivity contribution in [2.45, 2.75) is 13.8 Å². The van der Waals surface area contributed by atoms with Crippen molar-refractivity contribution in [1.82, 2.24) is 5.32 Å². The number of amides is 2. The number of rotatable bonds is 6. The van der Waals surface area contributed by atoms with Gasteiger partial charge in [-0.15, -0.1) is 0 Å². The third kappa shape index (κ3) is 5.39. The van der Waals surface area contributed by atoms with Crippen molar-refractivity contribution in [2.75, 3.05) is 25.1 Å². The fourth-order valence-corrected chi connectivity index (χ4v) is 1.57. The van der Waals surface area contributed by atoms with Crippen LogP contribution in [0.15, 0.2) is 18.2 Å². The number of para-hydroxylation sites is 1. The number of aliphatic carboxylic acids is 1. The minimum atomic E-state index is -1.03. The lowest BCUT2D eigenvalue weighted by atomic mass is 10.1. The van der Waals surface area contributed by atoms with Gasteiger partial charge in [-0.25, -0.2) is 9.59 Å². The van der Waals surface area contributed by atoms with Crippen LogP contribution < -0.4 is 10.6 Å².